The first-order valence-electron chi connectivity index (χ1n) is 12.5. The van der Waals surface area contributed by atoms with Crippen molar-refractivity contribution in [1.29, 1.82) is 0 Å². The molecule has 5 rings (SSSR count). The fraction of sp³-hybridized carbons (Fsp3) is 0.357. The molecule has 3 heterocycles. The zero-order valence-corrected chi connectivity index (χ0v) is 21.4. The lowest BCUT2D eigenvalue weighted by atomic mass is 9.99. The van der Waals surface area contributed by atoms with E-state index in [0.29, 0.717) is 12.3 Å². The number of benzene rings is 2. The van der Waals surface area contributed by atoms with Crippen molar-refractivity contribution in [2.75, 3.05) is 20.2 Å². The van der Waals surface area contributed by atoms with Crippen LogP contribution in [0.3, 0.4) is 0 Å². The third-order valence-corrected chi connectivity index (χ3v) is 7.17. The van der Waals surface area contributed by atoms with Crippen molar-refractivity contribution >= 4 is 28.5 Å². The van der Waals surface area contributed by atoms with Crippen LogP contribution < -0.4 is 4.74 Å². The molecule has 1 amide bonds. The van der Waals surface area contributed by atoms with E-state index in [2.05, 4.69) is 62.1 Å². The summed E-state index contributed by atoms with van der Waals surface area (Å²) in [5.41, 5.74) is 3.94. The number of para-hydroxylation sites is 1. The average molecular weight is 502 g/mol. The number of amides is 1. The zero-order valence-electron chi connectivity index (χ0n) is 20.5. The Bertz CT molecular complexity index is 1290. The molecule has 8 heteroatoms. The number of aromatic nitrogens is 3. The number of piperidine rings is 1. The van der Waals surface area contributed by atoms with Crippen LogP contribution in [-0.2, 0) is 13.1 Å². The Hall–Kier alpha value is -3.36. The average Bonchev–Trinajstić information content (AvgIpc) is 3.44. The van der Waals surface area contributed by atoms with Crippen LogP contribution in [0.1, 0.15) is 47.3 Å². The third-order valence-electron chi connectivity index (χ3n) is 6.70. The number of carbonyl (C=O) groups excluding carboxylic acids is 1. The highest BCUT2D eigenvalue weighted by molar-refractivity contribution is 6.99. The van der Waals surface area contributed by atoms with Gasteiger partial charge in [-0.05, 0) is 55.6 Å². The molecule has 2 aromatic carbocycles. The van der Waals surface area contributed by atoms with E-state index in [9.17, 15) is 4.79 Å². The molecule has 0 bridgehead atoms. The number of carbonyl (C=O) groups is 1. The Labute approximate surface area is 216 Å². The minimum atomic E-state index is -0.0140. The van der Waals surface area contributed by atoms with E-state index in [-0.39, 0.29) is 11.9 Å². The van der Waals surface area contributed by atoms with Crippen molar-refractivity contribution in [2.45, 2.75) is 44.8 Å². The summed E-state index contributed by atoms with van der Waals surface area (Å²) in [6.07, 6.45) is 7.39. The normalized spacial score (nSPS) is 15.9. The molecule has 1 aliphatic rings. The van der Waals surface area contributed by atoms with Crippen LogP contribution in [0.2, 0.25) is 0 Å². The lowest BCUT2D eigenvalue weighted by Gasteiger charge is -2.35. The zero-order chi connectivity index (χ0) is 24.7. The van der Waals surface area contributed by atoms with Crippen molar-refractivity contribution in [3.05, 3.63) is 83.8 Å². The first-order chi connectivity index (χ1) is 17.7. The van der Waals surface area contributed by atoms with Gasteiger partial charge in [-0.1, -0.05) is 36.4 Å². The number of ether oxygens (including phenoxy) is 1. The quantitative estimate of drug-likeness (QED) is 0.315. The second-order valence-electron chi connectivity index (χ2n) is 9.39. The van der Waals surface area contributed by atoms with Crippen LogP contribution in [-0.4, -0.2) is 55.7 Å². The Morgan fingerprint density at radius 1 is 1.14 bits per heavy atom. The highest BCUT2D eigenvalue weighted by atomic mass is 32.1. The molecule has 7 nitrogen and oxygen atoms in total. The summed E-state index contributed by atoms with van der Waals surface area (Å²) < 4.78 is 14.2. The van der Waals surface area contributed by atoms with E-state index >= 15 is 0 Å². The molecule has 0 aliphatic carbocycles. The van der Waals surface area contributed by atoms with E-state index in [4.69, 9.17) is 4.74 Å². The fourth-order valence-electron chi connectivity index (χ4n) is 4.97. The number of hydrogen-bond donors (Lipinski definition) is 0. The number of pyridine rings is 1. The predicted octanol–water partition coefficient (Wildman–Crippen LogP) is 5.18. The molecular weight excluding hydrogens is 470 g/mol. The monoisotopic (exact) mass is 501 g/mol. The van der Waals surface area contributed by atoms with E-state index in [1.807, 2.05) is 29.3 Å². The van der Waals surface area contributed by atoms with Crippen molar-refractivity contribution < 1.29 is 9.53 Å². The minimum Gasteiger partial charge on any atom is -0.494 e. The fourth-order valence-corrected chi connectivity index (χ4v) is 5.38. The number of fused-ring (bicyclic) bond motifs is 1. The van der Waals surface area contributed by atoms with Crippen LogP contribution in [0.4, 0.5) is 0 Å². The second kappa shape index (κ2) is 11.6. The second-order valence-corrected chi connectivity index (χ2v) is 9.95. The van der Waals surface area contributed by atoms with Gasteiger partial charge in [0, 0.05) is 43.7 Å². The summed E-state index contributed by atoms with van der Waals surface area (Å²) in [6.45, 7) is 2.98. The summed E-state index contributed by atoms with van der Waals surface area (Å²) in [6, 6.07) is 18.9. The number of nitrogens with zero attached hydrogens (tertiary/aromatic N) is 5. The number of rotatable bonds is 9. The molecule has 4 aromatic rings. The van der Waals surface area contributed by atoms with E-state index in [0.717, 1.165) is 68.3 Å². The SMILES string of the molecule is CN(Cc1cccc(OCC[C@H]2CCCCN2C(=O)c2cnsn2)c1)Cc1cccc2cccnc12. The molecule has 1 aliphatic heterocycles. The Balaban J connectivity index is 1.15. The molecule has 0 N–H and O–H groups in total. The Morgan fingerprint density at radius 3 is 2.92 bits per heavy atom. The summed E-state index contributed by atoms with van der Waals surface area (Å²) in [5, 5.41) is 1.17. The van der Waals surface area contributed by atoms with E-state index in [1.54, 1.807) is 6.20 Å². The molecule has 1 fully saturated rings. The predicted molar refractivity (Wildman–Crippen MR) is 142 cm³/mol. The van der Waals surface area contributed by atoms with Crippen LogP contribution in [0.25, 0.3) is 10.9 Å². The van der Waals surface area contributed by atoms with Crippen molar-refractivity contribution in [1.82, 2.24) is 23.5 Å². The molecule has 0 radical (unpaired) electrons. The molecule has 0 spiro atoms. The maximum Gasteiger partial charge on any atom is 0.275 e. The highest BCUT2D eigenvalue weighted by Gasteiger charge is 2.28. The van der Waals surface area contributed by atoms with Gasteiger partial charge in [-0.25, -0.2) is 0 Å². The molecule has 2 aromatic heterocycles. The van der Waals surface area contributed by atoms with Gasteiger partial charge >= 0.3 is 0 Å². The summed E-state index contributed by atoms with van der Waals surface area (Å²) in [5.74, 6) is 0.852. The minimum absolute atomic E-state index is 0.0140. The van der Waals surface area contributed by atoms with Crippen LogP contribution >= 0.6 is 11.7 Å². The van der Waals surface area contributed by atoms with E-state index in [1.165, 1.54) is 16.5 Å². The van der Waals surface area contributed by atoms with Crippen molar-refractivity contribution in [2.24, 2.45) is 0 Å². The van der Waals surface area contributed by atoms with Gasteiger partial charge in [-0.3, -0.25) is 14.7 Å². The van der Waals surface area contributed by atoms with Gasteiger partial charge in [0.15, 0.2) is 5.69 Å². The Morgan fingerprint density at radius 2 is 2.03 bits per heavy atom. The van der Waals surface area contributed by atoms with Gasteiger partial charge < -0.3 is 9.64 Å². The van der Waals surface area contributed by atoms with Gasteiger partial charge in [0.1, 0.15) is 5.75 Å². The third kappa shape index (κ3) is 5.88. The summed E-state index contributed by atoms with van der Waals surface area (Å²) >= 11 is 1.08. The van der Waals surface area contributed by atoms with Gasteiger partial charge in [0.25, 0.3) is 5.91 Å². The molecule has 1 saturated heterocycles. The largest absolute Gasteiger partial charge is 0.494 e. The molecule has 1 atom stereocenters. The lowest BCUT2D eigenvalue weighted by molar-refractivity contribution is 0.0575. The maximum atomic E-state index is 12.8. The molecule has 0 unspecified atom stereocenters. The van der Waals surface area contributed by atoms with Crippen LogP contribution in [0.15, 0.2) is 67.0 Å². The van der Waals surface area contributed by atoms with Crippen LogP contribution in [0, 0.1) is 0 Å². The lowest BCUT2D eigenvalue weighted by Crippen LogP contribution is -2.44. The topological polar surface area (TPSA) is 71.5 Å². The molecule has 0 saturated carbocycles. The first-order valence-corrected chi connectivity index (χ1v) is 13.2. The van der Waals surface area contributed by atoms with Gasteiger partial charge in [0.2, 0.25) is 0 Å². The smallest absolute Gasteiger partial charge is 0.275 e. The van der Waals surface area contributed by atoms with Gasteiger partial charge in [-0.2, -0.15) is 8.75 Å². The van der Waals surface area contributed by atoms with Crippen molar-refractivity contribution in [3.63, 3.8) is 0 Å². The van der Waals surface area contributed by atoms with Crippen molar-refractivity contribution in [3.8, 4) is 5.75 Å². The van der Waals surface area contributed by atoms with E-state index < -0.39 is 0 Å². The first kappa shape index (κ1) is 24.3. The van der Waals surface area contributed by atoms with Crippen LogP contribution in [0.5, 0.6) is 5.75 Å². The molecular formula is C28H31N5O2S. The molecule has 36 heavy (non-hydrogen) atoms. The standard InChI is InChI=1S/C28H31N5O2S/c1-32(20-23-9-5-8-22-10-6-14-29-27(22)23)19-21-7-4-12-25(17-21)35-16-13-24-11-2-3-15-33(24)28(34)26-18-30-36-31-26/h4-10,12,14,17-18,24H,2-3,11,13,15-16,19-20H2,1H3/t24-/m1/s1. The van der Waals surface area contributed by atoms with Gasteiger partial charge in [-0.15, -0.1) is 0 Å². The maximum absolute atomic E-state index is 12.8. The number of hydrogen-bond acceptors (Lipinski definition) is 7. The summed E-state index contributed by atoms with van der Waals surface area (Å²) in [7, 11) is 2.13. The molecule has 186 valence electrons. The summed E-state index contributed by atoms with van der Waals surface area (Å²) in [4.78, 5) is 21.7. The number of likely N-dealkylation sites (tertiary alicyclic amines) is 1. The van der Waals surface area contributed by atoms with Gasteiger partial charge in [0.05, 0.1) is 30.0 Å². The highest BCUT2D eigenvalue weighted by Crippen LogP contribution is 2.23. The Kier molecular flexibility index (Phi) is 7.83.